The molecule has 0 radical (unpaired) electrons. The van der Waals surface area contributed by atoms with Crippen molar-refractivity contribution in [2.45, 2.75) is 6.54 Å². The van der Waals surface area contributed by atoms with Gasteiger partial charge >= 0.3 is 0 Å². The molecule has 1 heterocycles. The van der Waals surface area contributed by atoms with Crippen LogP contribution in [0, 0.1) is 116 Å². The Balaban J connectivity index is 0.000000279. The lowest BCUT2D eigenvalue weighted by Crippen LogP contribution is -2.81. The number of ether oxygens (including phenoxy) is 1. The van der Waals surface area contributed by atoms with Gasteiger partial charge in [0.05, 0.1) is 6.20 Å². The number of Topliss-reactive ketones (excluding diaryl/α,β-unsaturated/α-hetero) is 1. The molecule has 0 aliphatic carbocycles. The van der Waals surface area contributed by atoms with Crippen LogP contribution in [0.5, 0.6) is 11.6 Å². The van der Waals surface area contributed by atoms with E-state index in [1.807, 2.05) is 60.7 Å². The Morgan fingerprint density at radius 3 is 1.01 bits per heavy atom. The molecule has 1 aromatic heterocycles. The summed E-state index contributed by atoms with van der Waals surface area (Å²) < 4.78 is 301. The highest BCUT2D eigenvalue weighted by molar-refractivity contribution is 7.20. The summed E-state index contributed by atoms with van der Waals surface area (Å²) >= 11 is 0. The first-order chi connectivity index (χ1) is 31.5. The predicted octanol–water partition coefficient (Wildman–Crippen LogP) is 8.89. The lowest BCUT2D eigenvalue weighted by Gasteiger charge is -2.44. The SMILES string of the molecule is Fc1c(F)c(F)c([B-](c2c(F)c(F)c(F)c(F)c2F)(c2c(F)c(F)c(F)c(F)c2F)c2c(F)c(F)c(F)c(F)c2F)c(F)c1F.O=C(C[n+]1ccnc(Oc2ccccc2)c1)c1ccccc1. The van der Waals surface area contributed by atoms with E-state index in [1.165, 1.54) is 0 Å². The number of hydrogen-bond acceptors (Lipinski definition) is 3. The summed E-state index contributed by atoms with van der Waals surface area (Å²) in [4.78, 5) is 16.4. The standard InChI is InChI=1S/C24BF20.C18H15N2O2/c26-5-1(6(27)14(35)21(42)13(5)34)25(2-7(28)15(36)22(43)16(37)8(2)29,3-9(30)17(38)23(44)18(39)10(3)31)4-11(32)19(40)24(45)20(41)12(4)33;21-17(15-7-3-1-4-8-15)13-20-12-11-19-18(14-20)22-16-9-5-2-6-10-16/h;1-12,14H,13H2/q-1;+1. The third kappa shape index (κ3) is 8.26. The van der Waals surface area contributed by atoms with Gasteiger partial charge < -0.3 is 4.74 Å². The summed E-state index contributed by atoms with van der Waals surface area (Å²) in [5.74, 6) is -70.2. The number of carbonyl (C=O) groups is 1. The highest BCUT2D eigenvalue weighted by Crippen LogP contribution is 2.31. The number of nitrogens with zero attached hydrogens (tertiary/aromatic N) is 2. The molecule has 4 nitrogen and oxygen atoms in total. The van der Waals surface area contributed by atoms with E-state index in [4.69, 9.17) is 4.74 Å². The maximum absolute atomic E-state index is 15.4. The van der Waals surface area contributed by atoms with Gasteiger partial charge in [-0.3, -0.25) is 4.79 Å². The average molecular weight is 970 g/mol. The first kappa shape index (κ1) is 49.0. The van der Waals surface area contributed by atoms with E-state index >= 15 is 35.1 Å². The first-order valence-corrected chi connectivity index (χ1v) is 17.9. The van der Waals surface area contributed by atoms with Crippen molar-refractivity contribution in [2.75, 3.05) is 0 Å². The molecule has 0 bridgehead atoms. The Morgan fingerprint density at radius 2 is 0.701 bits per heavy atom. The largest absolute Gasteiger partial charge is 0.434 e. The van der Waals surface area contributed by atoms with Gasteiger partial charge in [0.15, 0.2) is 76.0 Å². The molecule has 0 fully saturated rings. The van der Waals surface area contributed by atoms with E-state index in [1.54, 1.807) is 23.2 Å². The van der Waals surface area contributed by atoms with Crippen LogP contribution in [0.2, 0.25) is 0 Å². The summed E-state index contributed by atoms with van der Waals surface area (Å²) in [6.45, 7) is 0.248. The summed E-state index contributed by atoms with van der Waals surface area (Å²) in [7, 11) is 0. The number of halogens is 20. The summed E-state index contributed by atoms with van der Waals surface area (Å²) in [5, 5.41) is 0. The fourth-order valence-electron chi connectivity index (χ4n) is 6.93. The molecule has 0 saturated heterocycles. The van der Waals surface area contributed by atoms with Crippen LogP contribution in [-0.2, 0) is 6.54 Å². The predicted molar refractivity (Wildman–Crippen MR) is 191 cm³/mol. The van der Waals surface area contributed by atoms with Gasteiger partial charge in [-0.15, -0.1) is 21.9 Å². The Morgan fingerprint density at radius 1 is 0.418 bits per heavy atom. The van der Waals surface area contributed by atoms with Gasteiger partial charge in [-0.25, -0.2) is 92.8 Å². The molecule has 7 rings (SSSR count). The van der Waals surface area contributed by atoms with Crippen molar-refractivity contribution >= 4 is 33.8 Å². The second kappa shape index (κ2) is 18.8. The number of hydrogen-bond donors (Lipinski definition) is 0. The van der Waals surface area contributed by atoms with Crippen LogP contribution in [0.25, 0.3) is 0 Å². The van der Waals surface area contributed by atoms with Gasteiger partial charge in [-0.05, 0) is 12.1 Å². The Kier molecular flexibility index (Phi) is 13.7. The number of para-hydroxylation sites is 1. The van der Waals surface area contributed by atoms with E-state index < -0.39 is 144 Å². The van der Waals surface area contributed by atoms with Gasteiger partial charge in [0.2, 0.25) is 18.5 Å². The minimum absolute atomic E-state index is 0.0439. The Labute approximate surface area is 359 Å². The molecular formula is C42H15BF20N2O2. The van der Waals surface area contributed by atoms with Crippen LogP contribution >= 0.6 is 0 Å². The molecule has 348 valence electrons. The molecule has 0 atom stereocenters. The summed E-state index contributed by atoms with van der Waals surface area (Å²) in [6.07, 6.45) is -2.13. The zero-order chi connectivity index (χ0) is 49.6. The molecule has 0 saturated carbocycles. The fraction of sp³-hybridized carbons (Fsp3) is 0.0238. The van der Waals surface area contributed by atoms with Crippen LogP contribution in [0.4, 0.5) is 87.8 Å². The van der Waals surface area contributed by atoms with E-state index in [0.29, 0.717) is 17.2 Å². The molecule has 6 aromatic carbocycles. The Bertz CT molecular complexity index is 2730. The number of carbonyl (C=O) groups excluding carboxylic acids is 1. The van der Waals surface area contributed by atoms with E-state index in [-0.39, 0.29) is 12.3 Å². The minimum atomic E-state index is -7.22. The van der Waals surface area contributed by atoms with Crippen LogP contribution in [0.3, 0.4) is 0 Å². The summed E-state index contributed by atoms with van der Waals surface area (Å²) in [6, 6.07) is 18.6. The highest BCUT2D eigenvalue weighted by Gasteiger charge is 2.52. The zero-order valence-electron chi connectivity index (χ0n) is 32.1. The van der Waals surface area contributed by atoms with Crippen molar-refractivity contribution in [2.24, 2.45) is 0 Å². The van der Waals surface area contributed by atoms with Gasteiger partial charge in [0.25, 0.3) is 5.88 Å². The summed E-state index contributed by atoms with van der Waals surface area (Å²) in [5.41, 5.74) is -13.6. The maximum atomic E-state index is 15.4. The first-order valence-electron chi connectivity index (χ1n) is 17.9. The van der Waals surface area contributed by atoms with E-state index in [0.717, 1.165) is 0 Å². The average Bonchev–Trinajstić information content (AvgIpc) is 3.32. The lowest BCUT2D eigenvalue weighted by atomic mass is 9.12. The number of aromatic nitrogens is 2. The number of rotatable bonds is 9. The van der Waals surface area contributed by atoms with E-state index in [2.05, 4.69) is 4.98 Å². The smallest absolute Gasteiger partial charge is 0.285 e. The molecule has 0 spiro atoms. The molecule has 0 aliphatic rings. The molecular weight excluding hydrogens is 955 g/mol. The maximum Gasteiger partial charge on any atom is 0.285 e. The molecule has 0 N–H and O–H groups in total. The fourth-order valence-corrected chi connectivity index (χ4v) is 6.93. The molecule has 25 heteroatoms. The molecule has 7 aromatic rings. The van der Waals surface area contributed by atoms with Gasteiger partial charge in [0, 0.05) is 5.56 Å². The Hall–Kier alpha value is -7.47. The van der Waals surface area contributed by atoms with E-state index in [9.17, 15) is 57.5 Å². The van der Waals surface area contributed by atoms with Crippen LogP contribution in [0.1, 0.15) is 10.4 Å². The third-order valence-electron chi connectivity index (χ3n) is 9.83. The number of ketones is 1. The van der Waals surface area contributed by atoms with Crippen molar-refractivity contribution in [3.8, 4) is 11.6 Å². The zero-order valence-corrected chi connectivity index (χ0v) is 32.1. The van der Waals surface area contributed by atoms with Gasteiger partial charge in [-0.1, -0.05) is 48.5 Å². The van der Waals surface area contributed by atoms with Crippen molar-refractivity contribution in [3.05, 3.63) is 201 Å². The second-order valence-electron chi connectivity index (χ2n) is 13.6. The monoisotopic (exact) mass is 970 g/mol. The highest BCUT2D eigenvalue weighted by atomic mass is 19.2. The number of benzene rings is 6. The van der Waals surface area contributed by atoms with Crippen molar-refractivity contribution in [3.63, 3.8) is 0 Å². The van der Waals surface area contributed by atoms with Crippen LogP contribution in [-0.4, -0.2) is 16.9 Å². The molecule has 0 amide bonds. The van der Waals surface area contributed by atoms with Crippen LogP contribution in [0.15, 0.2) is 79.3 Å². The van der Waals surface area contributed by atoms with Crippen molar-refractivity contribution in [1.82, 2.24) is 4.98 Å². The topological polar surface area (TPSA) is 43.1 Å². The molecule has 0 unspecified atom stereocenters. The van der Waals surface area contributed by atoms with Crippen LogP contribution < -0.4 is 31.2 Å². The molecule has 0 aliphatic heterocycles. The minimum Gasteiger partial charge on any atom is -0.434 e. The van der Waals surface area contributed by atoms with Crippen molar-refractivity contribution in [1.29, 1.82) is 0 Å². The quantitative estimate of drug-likeness (QED) is 0.0363. The van der Waals surface area contributed by atoms with Gasteiger partial charge in [0.1, 0.15) is 58.4 Å². The van der Waals surface area contributed by atoms with Gasteiger partial charge in [-0.2, -0.15) is 4.57 Å². The van der Waals surface area contributed by atoms with Crippen molar-refractivity contribution < 1.29 is 102 Å². The second-order valence-corrected chi connectivity index (χ2v) is 13.6. The lowest BCUT2D eigenvalue weighted by molar-refractivity contribution is -0.683. The third-order valence-corrected chi connectivity index (χ3v) is 9.83. The molecule has 67 heavy (non-hydrogen) atoms. The normalized spacial score (nSPS) is 11.4.